The molecule has 2 N–H and O–H groups in total. The smallest absolute Gasteiger partial charge is 0.275 e. The lowest BCUT2D eigenvalue weighted by Gasteiger charge is -2.37. The van der Waals surface area contributed by atoms with Crippen LogP contribution in [-0.4, -0.2) is 52.3 Å². The number of nitrogens with two attached hydrogens (primary N) is 1. The normalized spacial score (nSPS) is 23.3. The zero-order chi connectivity index (χ0) is 16.6. The highest BCUT2D eigenvalue weighted by Crippen LogP contribution is 2.35. The summed E-state index contributed by atoms with van der Waals surface area (Å²) in [5.41, 5.74) is 7.54. The van der Waals surface area contributed by atoms with E-state index in [-0.39, 0.29) is 12.3 Å². The van der Waals surface area contributed by atoms with Crippen molar-refractivity contribution < 1.29 is 14.3 Å². The summed E-state index contributed by atoms with van der Waals surface area (Å²) in [7, 11) is 3.47. The molecule has 7 nitrogen and oxygen atoms in total. The highest BCUT2D eigenvalue weighted by Gasteiger charge is 2.46. The number of primary amides is 1. The molecular formula is C16H24N4O3. The molecule has 3 rings (SSSR count). The predicted molar refractivity (Wildman–Crippen MR) is 83.9 cm³/mol. The average Bonchev–Trinajstić information content (AvgIpc) is 3.15. The second-order valence-corrected chi connectivity index (χ2v) is 6.61. The first-order valence-electron chi connectivity index (χ1n) is 8.12. The molecule has 1 aromatic heterocycles. The maximum absolute atomic E-state index is 13.1. The average molecular weight is 320 g/mol. The van der Waals surface area contributed by atoms with E-state index in [2.05, 4.69) is 5.10 Å². The van der Waals surface area contributed by atoms with Crippen LogP contribution in [0.25, 0.3) is 0 Å². The number of hydrogen-bond donors (Lipinski definition) is 1. The quantitative estimate of drug-likeness (QED) is 0.850. The zero-order valence-corrected chi connectivity index (χ0v) is 13.8. The highest BCUT2D eigenvalue weighted by molar-refractivity contribution is 5.95. The van der Waals surface area contributed by atoms with E-state index in [1.165, 1.54) is 0 Å². The van der Waals surface area contributed by atoms with Crippen LogP contribution in [0.5, 0.6) is 0 Å². The van der Waals surface area contributed by atoms with Gasteiger partial charge in [-0.25, -0.2) is 0 Å². The first-order chi connectivity index (χ1) is 11.0. The second kappa shape index (κ2) is 5.96. The van der Waals surface area contributed by atoms with Crippen LogP contribution >= 0.6 is 0 Å². The highest BCUT2D eigenvalue weighted by atomic mass is 16.5. The molecule has 0 bridgehead atoms. The lowest BCUT2D eigenvalue weighted by atomic mass is 9.92. The molecule has 1 unspecified atom stereocenters. The van der Waals surface area contributed by atoms with Crippen molar-refractivity contribution >= 4 is 11.8 Å². The van der Waals surface area contributed by atoms with Crippen molar-refractivity contribution in [3.63, 3.8) is 0 Å². The summed E-state index contributed by atoms with van der Waals surface area (Å²) in [6.07, 6.45) is 4.62. The van der Waals surface area contributed by atoms with Crippen molar-refractivity contribution in [1.29, 1.82) is 0 Å². The Morgan fingerprint density at radius 1 is 1.35 bits per heavy atom. The molecule has 1 aromatic rings. The summed E-state index contributed by atoms with van der Waals surface area (Å²) in [5, 5.41) is 4.45. The first kappa shape index (κ1) is 16.0. The maximum atomic E-state index is 13.1. The van der Waals surface area contributed by atoms with E-state index >= 15 is 0 Å². The number of nitrogens with zero attached hydrogens (tertiary/aromatic N) is 3. The Balaban J connectivity index is 1.94. The summed E-state index contributed by atoms with van der Waals surface area (Å²) in [6, 6.07) is 0. The fourth-order valence-electron chi connectivity index (χ4n) is 4.14. The molecule has 2 amide bonds. The monoisotopic (exact) mass is 320 g/mol. The number of carbonyl (C=O) groups is 2. The number of amides is 2. The minimum atomic E-state index is -0.638. The molecule has 2 heterocycles. The molecule has 0 saturated carbocycles. The van der Waals surface area contributed by atoms with Gasteiger partial charge in [0.05, 0.1) is 18.6 Å². The van der Waals surface area contributed by atoms with Gasteiger partial charge >= 0.3 is 0 Å². The van der Waals surface area contributed by atoms with Gasteiger partial charge in [0, 0.05) is 32.0 Å². The van der Waals surface area contributed by atoms with E-state index in [0.717, 1.165) is 43.4 Å². The number of hydrogen-bond acceptors (Lipinski definition) is 4. The minimum Gasteiger partial charge on any atom is -0.382 e. The zero-order valence-electron chi connectivity index (χ0n) is 13.8. The van der Waals surface area contributed by atoms with Crippen LogP contribution in [0.1, 0.15) is 47.4 Å². The summed E-state index contributed by atoms with van der Waals surface area (Å²) >= 11 is 0. The molecule has 0 spiro atoms. The summed E-state index contributed by atoms with van der Waals surface area (Å²) in [6.45, 7) is 0.928. The molecule has 2 aliphatic rings. The Kier molecular flexibility index (Phi) is 4.14. The topological polar surface area (TPSA) is 90.4 Å². The molecule has 0 aromatic carbocycles. The third-order valence-corrected chi connectivity index (χ3v) is 5.08. The third kappa shape index (κ3) is 2.63. The maximum Gasteiger partial charge on any atom is 0.275 e. The molecule has 7 heteroatoms. The fourth-order valence-corrected chi connectivity index (χ4v) is 4.14. The molecule has 1 saturated heterocycles. The van der Waals surface area contributed by atoms with Crippen LogP contribution in [0.15, 0.2) is 0 Å². The number of rotatable bonds is 5. The number of aromatic nitrogens is 2. The van der Waals surface area contributed by atoms with Gasteiger partial charge in [0.25, 0.3) is 5.91 Å². The van der Waals surface area contributed by atoms with Gasteiger partial charge in [-0.1, -0.05) is 0 Å². The molecular weight excluding hydrogens is 296 g/mol. The van der Waals surface area contributed by atoms with E-state index in [9.17, 15) is 9.59 Å². The van der Waals surface area contributed by atoms with Crippen LogP contribution in [0, 0.1) is 0 Å². The molecule has 0 radical (unpaired) electrons. The molecule has 1 atom stereocenters. The van der Waals surface area contributed by atoms with E-state index < -0.39 is 11.4 Å². The van der Waals surface area contributed by atoms with E-state index in [1.54, 1.807) is 12.0 Å². The van der Waals surface area contributed by atoms with Crippen molar-refractivity contribution in [3.8, 4) is 0 Å². The standard InChI is InChI=1S/C16H24N4O3/c1-19-12-6-3-5-11(12)14(18-19)15(22)20-8-4-7-16(20,10-23-2)9-13(17)21/h3-10H2,1-2H3,(H2,17,21). The number of methoxy groups -OCH3 is 1. The Morgan fingerprint density at radius 3 is 2.83 bits per heavy atom. The van der Waals surface area contributed by atoms with E-state index in [1.807, 2.05) is 11.7 Å². The Labute approximate surface area is 135 Å². The van der Waals surface area contributed by atoms with Crippen molar-refractivity contribution in [2.24, 2.45) is 12.8 Å². The largest absolute Gasteiger partial charge is 0.382 e. The Bertz CT molecular complexity index is 640. The summed E-state index contributed by atoms with van der Waals surface area (Å²) in [4.78, 5) is 26.4. The Hall–Kier alpha value is -1.89. The number of aryl methyl sites for hydroxylation is 1. The lowest BCUT2D eigenvalue weighted by molar-refractivity contribution is -0.121. The van der Waals surface area contributed by atoms with Crippen LogP contribution in [0.4, 0.5) is 0 Å². The van der Waals surface area contributed by atoms with Gasteiger partial charge in [0.1, 0.15) is 0 Å². The molecule has 1 aliphatic carbocycles. The van der Waals surface area contributed by atoms with Crippen molar-refractivity contribution in [1.82, 2.24) is 14.7 Å². The molecule has 1 aliphatic heterocycles. The summed E-state index contributed by atoms with van der Waals surface area (Å²) < 4.78 is 7.13. The number of ether oxygens (including phenoxy) is 1. The predicted octanol–water partition coefficient (Wildman–Crippen LogP) is 0.405. The summed E-state index contributed by atoms with van der Waals surface area (Å²) in [5.74, 6) is -0.507. The van der Waals surface area contributed by atoms with Crippen LogP contribution in [0.3, 0.4) is 0 Å². The van der Waals surface area contributed by atoms with Gasteiger partial charge < -0.3 is 15.4 Å². The van der Waals surface area contributed by atoms with Crippen molar-refractivity contribution in [3.05, 3.63) is 17.0 Å². The number of carbonyl (C=O) groups excluding carboxylic acids is 2. The molecule has 23 heavy (non-hydrogen) atoms. The van der Waals surface area contributed by atoms with Gasteiger partial charge in [-0.2, -0.15) is 5.10 Å². The van der Waals surface area contributed by atoms with Gasteiger partial charge in [-0.3, -0.25) is 14.3 Å². The number of fused-ring (bicyclic) bond motifs is 1. The second-order valence-electron chi connectivity index (χ2n) is 6.61. The Morgan fingerprint density at radius 2 is 2.13 bits per heavy atom. The van der Waals surface area contributed by atoms with Gasteiger partial charge in [-0.15, -0.1) is 0 Å². The third-order valence-electron chi connectivity index (χ3n) is 5.08. The van der Waals surface area contributed by atoms with Crippen molar-refractivity contribution in [2.75, 3.05) is 20.3 Å². The van der Waals surface area contributed by atoms with Crippen molar-refractivity contribution in [2.45, 2.75) is 44.1 Å². The van der Waals surface area contributed by atoms with Crippen LogP contribution in [-0.2, 0) is 29.4 Å². The van der Waals surface area contributed by atoms with Gasteiger partial charge in [-0.05, 0) is 32.1 Å². The van der Waals surface area contributed by atoms with Crippen LogP contribution < -0.4 is 5.73 Å². The van der Waals surface area contributed by atoms with Gasteiger partial charge in [0.2, 0.25) is 5.91 Å². The number of likely N-dealkylation sites (tertiary alicyclic amines) is 1. The van der Waals surface area contributed by atoms with Crippen LogP contribution in [0.2, 0.25) is 0 Å². The van der Waals surface area contributed by atoms with E-state index in [4.69, 9.17) is 10.5 Å². The SMILES string of the molecule is COCC1(CC(N)=O)CCCN1C(=O)c1nn(C)c2c1CCC2. The first-order valence-corrected chi connectivity index (χ1v) is 8.12. The lowest BCUT2D eigenvalue weighted by Crippen LogP contribution is -2.52. The minimum absolute atomic E-state index is 0.0976. The fraction of sp³-hybridized carbons (Fsp3) is 0.688. The molecule has 126 valence electrons. The molecule has 1 fully saturated rings. The van der Waals surface area contributed by atoms with Gasteiger partial charge in [0.15, 0.2) is 5.69 Å². The van der Waals surface area contributed by atoms with E-state index in [0.29, 0.717) is 18.8 Å².